The van der Waals surface area contributed by atoms with E-state index in [1.165, 1.54) is 47.9 Å². The quantitative estimate of drug-likeness (QED) is 0.786. The molecule has 1 amide bonds. The maximum atomic E-state index is 12.5. The molecule has 0 fully saturated rings. The van der Waals surface area contributed by atoms with Crippen molar-refractivity contribution in [3.05, 3.63) is 70.8 Å². The smallest absolute Gasteiger partial charge is 0.233 e. The van der Waals surface area contributed by atoms with Gasteiger partial charge in [-0.2, -0.15) is 0 Å². The number of hydrogen-bond acceptors (Lipinski definition) is 2. The van der Waals surface area contributed by atoms with Crippen molar-refractivity contribution in [3.63, 3.8) is 0 Å². The molecule has 3 rings (SSSR count). The fraction of sp³-hybridized carbons (Fsp3) is 0.409. The van der Waals surface area contributed by atoms with E-state index in [4.69, 9.17) is 0 Å². The second-order valence-corrected chi connectivity index (χ2v) is 8.23. The van der Waals surface area contributed by atoms with E-state index >= 15 is 0 Å². The lowest BCUT2D eigenvalue weighted by Crippen LogP contribution is -2.33. The zero-order valence-electron chi connectivity index (χ0n) is 15.1. The molecule has 3 heteroatoms. The zero-order chi connectivity index (χ0) is 17.6. The van der Waals surface area contributed by atoms with Crippen LogP contribution in [0.3, 0.4) is 0 Å². The third kappa shape index (κ3) is 4.88. The van der Waals surface area contributed by atoms with Crippen molar-refractivity contribution in [1.82, 2.24) is 5.32 Å². The van der Waals surface area contributed by atoms with Gasteiger partial charge in [-0.1, -0.05) is 48.5 Å². The molecule has 2 unspecified atom stereocenters. The van der Waals surface area contributed by atoms with Crippen molar-refractivity contribution >= 4 is 17.7 Å². The minimum absolute atomic E-state index is 0.0551. The topological polar surface area (TPSA) is 29.1 Å². The number of rotatable bonds is 6. The summed E-state index contributed by atoms with van der Waals surface area (Å²) in [6.07, 6.45) is 4.95. The number of carbonyl (C=O) groups excluding carboxylic acids is 1. The maximum Gasteiger partial charge on any atom is 0.233 e. The first-order chi connectivity index (χ1) is 12.1. The zero-order valence-corrected chi connectivity index (χ0v) is 15.9. The van der Waals surface area contributed by atoms with Gasteiger partial charge in [-0.05, 0) is 61.8 Å². The fourth-order valence-corrected chi connectivity index (χ4v) is 4.16. The summed E-state index contributed by atoms with van der Waals surface area (Å²) in [5.74, 6) is 0.981. The molecule has 2 nitrogen and oxygen atoms in total. The molecule has 132 valence electrons. The number of benzene rings is 2. The molecule has 0 saturated carbocycles. The van der Waals surface area contributed by atoms with Gasteiger partial charge in [0.2, 0.25) is 5.91 Å². The van der Waals surface area contributed by atoms with E-state index in [-0.39, 0.29) is 17.2 Å². The molecule has 2 atom stereocenters. The van der Waals surface area contributed by atoms with Crippen LogP contribution in [0.4, 0.5) is 0 Å². The SMILES string of the molecule is CC(SCc1ccccc1)C(=O)NC(C)c1ccc2c(c1)CCCC2. The molecule has 2 aromatic carbocycles. The van der Waals surface area contributed by atoms with Crippen molar-refractivity contribution in [2.24, 2.45) is 0 Å². The van der Waals surface area contributed by atoms with Crippen molar-refractivity contribution in [2.45, 2.75) is 56.6 Å². The van der Waals surface area contributed by atoms with Crippen LogP contribution in [-0.2, 0) is 23.4 Å². The van der Waals surface area contributed by atoms with Crippen LogP contribution in [0.5, 0.6) is 0 Å². The summed E-state index contributed by atoms with van der Waals surface area (Å²) in [7, 11) is 0. The Bertz CT molecular complexity index is 713. The highest BCUT2D eigenvalue weighted by Crippen LogP contribution is 2.25. The summed E-state index contributed by atoms with van der Waals surface area (Å²) in [5.41, 5.74) is 5.43. The standard InChI is InChI=1S/C22H27NOS/c1-16(20-13-12-19-10-6-7-11-21(19)14-20)23-22(24)17(2)25-15-18-8-4-3-5-9-18/h3-5,8-9,12-14,16-17H,6-7,10-11,15H2,1-2H3,(H,23,24). The Labute approximate surface area is 155 Å². The minimum Gasteiger partial charge on any atom is -0.349 e. The molecule has 1 aliphatic rings. The lowest BCUT2D eigenvalue weighted by atomic mass is 9.89. The molecule has 0 bridgehead atoms. The van der Waals surface area contributed by atoms with Gasteiger partial charge in [-0.15, -0.1) is 11.8 Å². The summed E-state index contributed by atoms with van der Waals surface area (Å²) in [5, 5.41) is 3.12. The summed E-state index contributed by atoms with van der Waals surface area (Å²) in [6, 6.07) is 17.1. The van der Waals surface area contributed by atoms with Gasteiger partial charge in [0, 0.05) is 5.75 Å². The van der Waals surface area contributed by atoms with E-state index in [2.05, 4.69) is 42.6 Å². The van der Waals surface area contributed by atoms with Crippen LogP contribution in [0.15, 0.2) is 48.5 Å². The van der Waals surface area contributed by atoms with Crippen LogP contribution >= 0.6 is 11.8 Å². The van der Waals surface area contributed by atoms with Crippen molar-refractivity contribution in [3.8, 4) is 0 Å². The number of aryl methyl sites for hydroxylation is 2. The average molecular weight is 354 g/mol. The Kier molecular flexibility index (Phi) is 6.19. The number of hydrogen-bond donors (Lipinski definition) is 1. The first-order valence-corrected chi connectivity index (χ1v) is 10.3. The van der Waals surface area contributed by atoms with Gasteiger partial charge < -0.3 is 5.32 Å². The maximum absolute atomic E-state index is 12.5. The molecular formula is C22H27NOS. The summed E-state index contributed by atoms with van der Waals surface area (Å²) >= 11 is 1.69. The van der Waals surface area contributed by atoms with Crippen molar-refractivity contribution in [2.75, 3.05) is 0 Å². The monoisotopic (exact) mass is 353 g/mol. The molecule has 0 saturated heterocycles. The van der Waals surface area contributed by atoms with Gasteiger partial charge in [0.05, 0.1) is 11.3 Å². The number of amides is 1. The van der Waals surface area contributed by atoms with E-state index < -0.39 is 0 Å². The van der Waals surface area contributed by atoms with Crippen LogP contribution in [0, 0.1) is 0 Å². The molecule has 0 aliphatic heterocycles. The van der Waals surface area contributed by atoms with Crippen LogP contribution in [-0.4, -0.2) is 11.2 Å². The molecule has 0 spiro atoms. The third-order valence-electron chi connectivity index (χ3n) is 4.94. The predicted molar refractivity (Wildman–Crippen MR) is 107 cm³/mol. The molecule has 1 aliphatic carbocycles. The molecule has 1 N–H and O–H groups in total. The lowest BCUT2D eigenvalue weighted by molar-refractivity contribution is -0.120. The summed E-state index contributed by atoms with van der Waals surface area (Å²) in [6.45, 7) is 4.07. The first-order valence-electron chi connectivity index (χ1n) is 9.21. The van der Waals surface area contributed by atoms with Crippen LogP contribution < -0.4 is 5.32 Å². The number of fused-ring (bicyclic) bond motifs is 1. The van der Waals surface area contributed by atoms with Gasteiger partial charge in [0.25, 0.3) is 0 Å². The first kappa shape index (κ1) is 18.1. The van der Waals surface area contributed by atoms with Gasteiger partial charge >= 0.3 is 0 Å². The molecular weight excluding hydrogens is 326 g/mol. The van der Waals surface area contributed by atoms with E-state index in [1.54, 1.807) is 11.8 Å². The highest BCUT2D eigenvalue weighted by Gasteiger charge is 2.18. The fourth-order valence-electron chi connectivity index (χ4n) is 3.31. The van der Waals surface area contributed by atoms with E-state index in [9.17, 15) is 4.79 Å². The van der Waals surface area contributed by atoms with Crippen LogP contribution in [0.25, 0.3) is 0 Å². The normalized spacial score (nSPS) is 15.9. The minimum atomic E-state index is -0.0553. The molecule has 0 radical (unpaired) electrons. The van der Waals surface area contributed by atoms with E-state index in [1.807, 2.05) is 25.1 Å². The van der Waals surface area contributed by atoms with Gasteiger partial charge in [0.1, 0.15) is 0 Å². The molecule has 25 heavy (non-hydrogen) atoms. The van der Waals surface area contributed by atoms with Gasteiger partial charge in [-0.25, -0.2) is 0 Å². The Morgan fingerprint density at radius 2 is 1.76 bits per heavy atom. The number of nitrogens with one attached hydrogen (secondary N) is 1. The summed E-state index contributed by atoms with van der Waals surface area (Å²) in [4.78, 5) is 12.5. The Morgan fingerprint density at radius 1 is 1.04 bits per heavy atom. The van der Waals surface area contributed by atoms with Crippen LogP contribution in [0.2, 0.25) is 0 Å². The molecule has 2 aromatic rings. The molecule has 0 heterocycles. The molecule has 0 aromatic heterocycles. The lowest BCUT2D eigenvalue weighted by Gasteiger charge is -2.21. The number of carbonyl (C=O) groups is 1. The second kappa shape index (κ2) is 8.57. The second-order valence-electron chi connectivity index (χ2n) is 6.90. The largest absolute Gasteiger partial charge is 0.349 e. The Hall–Kier alpha value is -1.74. The predicted octanol–water partition coefficient (Wildman–Crippen LogP) is 5.06. The van der Waals surface area contributed by atoms with E-state index in [0.717, 1.165) is 5.75 Å². The average Bonchev–Trinajstić information content (AvgIpc) is 2.66. The van der Waals surface area contributed by atoms with Gasteiger partial charge in [-0.3, -0.25) is 4.79 Å². The highest BCUT2D eigenvalue weighted by atomic mass is 32.2. The van der Waals surface area contributed by atoms with E-state index in [0.29, 0.717) is 0 Å². The van der Waals surface area contributed by atoms with Crippen molar-refractivity contribution in [1.29, 1.82) is 0 Å². The summed E-state index contributed by atoms with van der Waals surface area (Å²) < 4.78 is 0. The number of thioether (sulfide) groups is 1. The third-order valence-corrected chi connectivity index (χ3v) is 6.16. The van der Waals surface area contributed by atoms with Crippen molar-refractivity contribution < 1.29 is 4.79 Å². The van der Waals surface area contributed by atoms with Crippen LogP contribution in [0.1, 0.15) is 55.0 Å². The van der Waals surface area contributed by atoms with Gasteiger partial charge in [0.15, 0.2) is 0 Å². The highest BCUT2D eigenvalue weighted by molar-refractivity contribution is 7.99. The Morgan fingerprint density at radius 3 is 2.52 bits per heavy atom. The Balaban J connectivity index is 1.54.